The molecule has 0 aliphatic rings. The van der Waals surface area contributed by atoms with Gasteiger partial charge in [-0.15, -0.1) is 0 Å². The van der Waals surface area contributed by atoms with E-state index in [0.29, 0.717) is 6.42 Å². The molecule has 6 nitrogen and oxygen atoms in total. The molecule has 1 atom stereocenters. The molecule has 0 spiro atoms. The molecule has 2 N–H and O–H groups in total. The van der Waals surface area contributed by atoms with Crippen LogP contribution < -0.4 is 11.4 Å². The maximum Gasteiger partial charge on any atom is 0.349 e. The van der Waals surface area contributed by atoms with Crippen LogP contribution in [0.25, 0.3) is 0 Å². The first kappa shape index (κ1) is 10.4. The fraction of sp³-hybridized carbons (Fsp3) is 0.500. The second kappa shape index (κ2) is 4.50. The van der Waals surface area contributed by atoms with E-state index in [1.165, 1.54) is 16.8 Å². The van der Waals surface area contributed by atoms with Crippen LogP contribution >= 0.6 is 0 Å². The minimum absolute atomic E-state index is 0.179. The second-order valence-electron chi connectivity index (χ2n) is 2.95. The zero-order chi connectivity index (χ0) is 10.6. The Balaban J connectivity index is 2.86. The van der Waals surface area contributed by atoms with Gasteiger partial charge in [-0.1, -0.05) is 12.1 Å². The minimum atomic E-state index is -0.452. The molecule has 0 bridgehead atoms. The second-order valence-corrected chi connectivity index (χ2v) is 2.95. The molecule has 1 rings (SSSR count). The smallest absolute Gasteiger partial charge is 0.349 e. The van der Waals surface area contributed by atoms with E-state index in [-0.39, 0.29) is 12.4 Å². The van der Waals surface area contributed by atoms with E-state index in [2.05, 4.69) is 10.2 Å². The van der Waals surface area contributed by atoms with E-state index in [1.807, 2.05) is 6.92 Å². The molecule has 0 aromatic carbocycles. The van der Waals surface area contributed by atoms with Gasteiger partial charge < -0.3 is 5.73 Å². The molecule has 0 saturated carbocycles. The fourth-order valence-electron chi connectivity index (χ4n) is 1.05. The third kappa shape index (κ3) is 2.38. The number of nitroso groups, excluding NO2 is 1. The summed E-state index contributed by atoms with van der Waals surface area (Å²) >= 11 is 0. The molecular weight excluding hydrogens is 184 g/mol. The molecule has 1 unspecified atom stereocenters. The average Bonchev–Trinajstić information content (AvgIpc) is 2.17. The quantitative estimate of drug-likeness (QED) is 0.704. The highest BCUT2D eigenvalue weighted by atomic mass is 16.3. The van der Waals surface area contributed by atoms with Gasteiger partial charge in [0.2, 0.25) is 0 Å². The Hall–Kier alpha value is -1.72. The predicted octanol–water partition coefficient (Wildman–Crippen LogP) is 0.371. The lowest BCUT2D eigenvalue weighted by Crippen LogP contribution is -2.27. The van der Waals surface area contributed by atoms with E-state index >= 15 is 0 Å². The monoisotopic (exact) mass is 196 g/mol. The van der Waals surface area contributed by atoms with Crippen molar-refractivity contribution >= 4 is 5.82 Å². The van der Waals surface area contributed by atoms with E-state index in [0.717, 1.165) is 0 Å². The van der Waals surface area contributed by atoms with Crippen LogP contribution in [0.1, 0.15) is 13.3 Å². The van der Waals surface area contributed by atoms with Crippen molar-refractivity contribution in [1.82, 2.24) is 9.55 Å². The Bertz CT molecular complexity index is 374. The van der Waals surface area contributed by atoms with Crippen molar-refractivity contribution in [3.05, 3.63) is 27.7 Å². The van der Waals surface area contributed by atoms with Gasteiger partial charge in [0.15, 0.2) is 0 Å². The molecule has 76 valence electrons. The first-order valence-corrected chi connectivity index (χ1v) is 4.32. The average molecular weight is 196 g/mol. The van der Waals surface area contributed by atoms with E-state index in [9.17, 15) is 9.70 Å². The maximum absolute atomic E-state index is 11.2. The lowest BCUT2D eigenvalue weighted by atomic mass is 10.2. The summed E-state index contributed by atoms with van der Waals surface area (Å²) in [6, 6.07) is 1.12. The summed E-state index contributed by atoms with van der Waals surface area (Å²) in [5.74, 6) is 0.179. The van der Waals surface area contributed by atoms with E-state index in [1.54, 1.807) is 0 Å². The Morgan fingerprint density at radius 2 is 2.43 bits per heavy atom. The van der Waals surface area contributed by atoms with Crippen LogP contribution in [0.5, 0.6) is 0 Å². The van der Waals surface area contributed by atoms with Gasteiger partial charge in [-0.05, 0) is 12.5 Å². The number of hydrogen-bond donors (Lipinski definition) is 1. The number of nitrogens with two attached hydrogens (primary N) is 1. The Morgan fingerprint density at radius 3 is 2.93 bits per heavy atom. The summed E-state index contributed by atoms with van der Waals surface area (Å²) in [4.78, 5) is 25.1. The molecule has 1 heterocycles. The predicted molar refractivity (Wildman–Crippen MR) is 52.8 cm³/mol. The van der Waals surface area contributed by atoms with Gasteiger partial charge in [-0.3, -0.25) is 4.57 Å². The van der Waals surface area contributed by atoms with Crippen molar-refractivity contribution in [1.29, 1.82) is 0 Å². The van der Waals surface area contributed by atoms with Crippen molar-refractivity contribution in [2.45, 2.75) is 25.9 Å². The van der Waals surface area contributed by atoms with Crippen molar-refractivity contribution in [3.8, 4) is 0 Å². The fourth-order valence-corrected chi connectivity index (χ4v) is 1.05. The molecule has 0 aliphatic heterocycles. The topological polar surface area (TPSA) is 90.3 Å². The lowest BCUT2D eigenvalue weighted by Gasteiger charge is -2.07. The molecular formula is C8H12N4O2. The van der Waals surface area contributed by atoms with E-state index in [4.69, 9.17) is 5.73 Å². The van der Waals surface area contributed by atoms with Gasteiger partial charge in [0.1, 0.15) is 11.9 Å². The zero-order valence-corrected chi connectivity index (χ0v) is 7.88. The zero-order valence-electron chi connectivity index (χ0n) is 7.88. The number of rotatable bonds is 4. The molecule has 0 amide bonds. The molecule has 0 aliphatic carbocycles. The largest absolute Gasteiger partial charge is 0.383 e. The summed E-state index contributed by atoms with van der Waals surface area (Å²) in [6.07, 6.45) is 2.11. The Labute approximate surface area is 80.7 Å². The van der Waals surface area contributed by atoms with Crippen molar-refractivity contribution in [2.24, 2.45) is 5.18 Å². The molecule has 6 heteroatoms. The number of hydrogen-bond acceptors (Lipinski definition) is 5. The standard InChI is InChI=1S/C8H12N4O2/c1-2-6(11-14)5-12-4-3-7(9)10-8(12)13/h3-4,6H,2,5H2,1H3,(H2,9,10,13). The van der Waals surface area contributed by atoms with Gasteiger partial charge >= 0.3 is 5.69 Å². The molecule has 1 aromatic heterocycles. The normalized spacial score (nSPS) is 12.4. The molecule has 1 aromatic rings. The first-order chi connectivity index (χ1) is 6.67. The van der Waals surface area contributed by atoms with Gasteiger partial charge in [0.25, 0.3) is 0 Å². The number of aromatic nitrogens is 2. The molecule has 0 fully saturated rings. The van der Waals surface area contributed by atoms with Crippen LogP contribution in [0.3, 0.4) is 0 Å². The highest BCUT2D eigenvalue weighted by molar-refractivity contribution is 5.23. The number of anilines is 1. The lowest BCUT2D eigenvalue weighted by molar-refractivity contribution is 0.519. The summed E-state index contributed by atoms with van der Waals surface area (Å²) in [5.41, 5.74) is 4.86. The highest BCUT2D eigenvalue weighted by Crippen LogP contribution is 1.99. The summed E-state index contributed by atoms with van der Waals surface area (Å²) in [5, 5.41) is 2.90. The minimum Gasteiger partial charge on any atom is -0.383 e. The summed E-state index contributed by atoms with van der Waals surface area (Å²) in [7, 11) is 0. The Morgan fingerprint density at radius 1 is 1.71 bits per heavy atom. The van der Waals surface area contributed by atoms with Gasteiger partial charge in [0, 0.05) is 6.20 Å². The first-order valence-electron chi connectivity index (χ1n) is 4.32. The molecule has 14 heavy (non-hydrogen) atoms. The van der Waals surface area contributed by atoms with Crippen molar-refractivity contribution < 1.29 is 0 Å². The van der Waals surface area contributed by atoms with Crippen LogP contribution in [0.2, 0.25) is 0 Å². The van der Waals surface area contributed by atoms with Crippen molar-refractivity contribution in [3.63, 3.8) is 0 Å². The number of nitrogen functional groups attached to an aromatic ring is 1. The SMILES string of the molecule is CCC(Cn1ccc(N)nc1=O)N=O. The van der Waals surface area contributed by atoms with Gasteiger partial charge in [-0.25, -0.2) is 4.79 Å². The van der Waals surface area contributed by atoms with E-state index < -0.39 is 11.7 Å². The molecule has 0 radical (unpaired) electrons. The highest BCUT2D eigenvalue weighted by Gasteiger charge is 2.07. The maximum atomic E-state index is 11.2. The Kier molecular flexibility index (Phi) is 3.33. The third-order valence-corrected chi connectivity index (χ3v) is 1.92. The summed E-state index contributed by atoms with van der Waals surface area (Å²) < 4.78 is 1.33. The van der Waals surface area contributed by atoms with Crippen LogP contribution in [0.4, 0.5) is 5.82 Å². The van der Waals surface area contributed by atoms with Crippen LogP contribution in [0, 0.1) is 4.91 Å². The van der Waals surface area contributed by atoms with Gasteiger partial charge in [-0.2, -0.15) is 9.89 Å². The van der Waals surface area contributed by atoms with Crippen LogP contribution in [-0.4, -0.2) is 15.6 Å². The van der Waals surface area contributed by atoms with Gasteiger partial charge in [0.05, 0.1) is 6.54 Å². The van der Waals surface area contributed by atoms with Crippen molar-refractivity contribution in [2.75, 3.05) is 5.73 Å². The summed E-state index contributed by atoms with van der Waals surface area (Å²) in [6.45, 7) is 2.09. The number of nitrogens with zero attached hydrogens (tertiary/aromatic N) is 3. The molecule has 0 saturated heterocycles. The third-order valence-electron chi connectivity index (χ3n) is 1.92. The van der Waals surface area contributed by atoms with Crippen LogP contribution in [-0.2, 0) is 6.54 Å². The van der Waals surface area contributed by atoms with Crippen LogP contribution in [0.15, 0.2) is 22.2 Å².